The van der Waals surface area contributed by atoms with Crippen molar-refractivity contribution < 1.29 is 39.0 Å². The summed E-state index contributed by atoms with van der Waals surface area (Å²) < 4.78 is 0. The number of phenols is 1. The molecular formula is C46H39N13O8S6. The van der Waals surface area contributed by atoms with Crippen LogP contribution in [-0.4, -0.2) is 104 Å². The van der Waals surface area contributed by atoms with Crippen LogP contribution in [0, 0.1) is 12.8 Å². The van der Waals surface area contributed by atoms with Crippen molar-refractivity contribution >= 4 is 103 Å². The number of amides is 6. The van der Waals surface area contributed by atoms with E-state index < -0.39 is 65.6 Å². The fourth-order valence-electron chi connectivity index (χ4n) is 8.18. The lowest BCUT2D eigenvalue weighted by Gasteiger charge is -2.29. The van der Waals surface area contributed by atoms with Crippen LogP contribution in [0.3, 0.4) is 0 Å². The third-order valence-corrected chi connectivity index (χ3v) is 17.3. The van der Waals surface area contributed by atoms with Crippen molar-refractivity contribution in [2.24, 2.45) is 17.4 Å². The molecule has 9 heterocycles. The molecule has 7 aromatic heterocycles. The minimum atomic E-state index is -1.15. The van der Waals surface area contributed by atoms with Crippen LogP contribution in [0.5, 0.6) is 5.75 Å². The molecule has 21 nitrogen and oxygen atoms in total. The number of aromatic nitrogens is 7. The highest BCUT2D eigenvalue weighted by Crippen LogP contribution is 2.42. The van der Waals surface area contributed by atoms with Crippen LogP contribution in [-0.2, 0) is 22.6 Å². The number of nitrogens with zero attached hydrogens (tertiary/aromatic N) is 8. The first-order valence-corrected chi connectivity index (χ1v) is 27.3. The standard InChI is InChI=1S/C46H39N13O8S6/c1-18-31(61)12-59-36(18)45-57-30(17-72-45)43-54-26(13-70-43)35-22(7-8-23(51-35)42-55-27(14-71-42)37(48)63)41-56-29(16-69-41)39(65)52-24(10-32(47)62)44-58-34(19(2)73-44)40(66)49-11-33-50-28(15-68-33)38(64)53-25(46(59)67)9-20-3-5-21(60)6-4-20/h3-8,13-18,24-25,31,36,60-61H,9-12H2,1-2H3,(H2,47,62)(H2,48,63)(H,49,66)(H,52,65)(H,53,64)/t18-,24-,25-,31+,36-/m0/s1. The third-order valence-electron chi connectivity index (χ3n) is 11.9. The zero-order chi connectivity index (χ0) is 51.2. The lowest BCUT2D eigenvalue weighted by atomic mass is 10.0. The Morgan fingerprint density at radius 1 is 0.699 bits per heavy atom. The Bertz CT molecular complexity index is 3470. The molecule has 27 heteroatoms. The molecule has 372 valence electrons. The van der Waals surface area contributed by atoms with Crippen molar-refractivity contribution in [1.29, 1.82) is 0 Å². The molecule has 1 fully saturated rings. The Hall–Kier alpha value is -7.27. The molecular weight excluding hydrogens is 1050 g/mol. The number of carbonyl (C=O) groups is 6. The fraction of sp³-hybridized carbons (Fsp3) is 0.239. The van der Waals surface area contributed by atoms with Gasteiger partial charge in [0.2, 0.25) is 11.8 Å². The number of aromatic hydroxyl groups is 1. The van der Waals surface area contributed by atoms with Gasteiger partial charge < -0.3 is 42.5 Å². The second-order valence-corrected chi connectivity index (χ2v) is 22.5. The van der Waals surface area contributed by atoms with Crippen LogP contribution in [0.4, 0.5) is 0 Å². The van der Waals surface area contributed by atoms with E-state index in [-0.39, 0.29) is 59.5 Å². The second-order valence-electron chi connectivity index (χ2n) is 16.9. The number of primary amides is 2. The topological polar surface area (TPSA) is 324 Å². The normalized spacial score (nSPS) is 19.4. The van der Waals surface area contributed by atoms with Gasteiger partial charge in [-0.25, -0.2) is 34.9 Å². The predicted molar refractivity (Wildman–Crippen MR) is 274 cm³/mol. The number of nitrogens with two attached hydrogens (primary N) is 2. The van der Waals surface area contributed by atoms with Gasteiger partial charge >= 0.3 is 0 Å². The number of fused-ring (bicyclic) bond motifs is 16. The summed E-state index contributed by atoms with van der Waals surface area (Å²) >= 11 is 7.14. The first kappa shape index (κ1) is 49.3. The van der Waals surface area contributed by atoms with Gasteiger partial charge in [0, 0.05) is 56.2 Å². The average Bonchev–Trinajstić information content (AvgIpc) is 4.23. The quantitative estimate of drug-likeness (QED) is 0.114. The molecule has 1 saturated heterocycles. The Kier molecular flexibility index (Phi) is 13.7. The summed E-state index contributed by atoms with van der Waals surface area (Å²) in [5.41, 5.74) is 14.1. The summed E-state index contributed by atoms with van der Waals surface area (Å²) in [5.74, 6) is -4.21. The maximum Gasteiger partial charge on any atom is 0.271 e. The van der Waals surface area contributed by atoms with Gasteiger partial charge in [0.05, 0.1) is 36.8 Å². The molecule has 0 saturated carbocycles. The Labute approximate surface area is 437 Å². The van der Waals surface area contributed by atoms with Gasteiger partial charge in [-0.05, 0) is 36.8 Å². The van der Waals surface area contributed by atoms with Crippen molar-refractivity contribution in [3.8, 4) is 49.1 Å². The number of phenolic OH excluding ortho intramolecular Hbond substituents is 1. The number of hydrogen-bond donors (Lipinski definition) is 7. The van der Waals surface area contributed by atoms with E-state index >= 15 is 0 Å². The van der Waals surface area contributed by atoms with Crippen molar-refractivity contribution in [1.82, 2.24) is 55.7 Å². The summed E-state index contributed by atoms with van der Waals surface area (Å²) in [4.78, 5) is 116. The summed E-state index contributed by atoms with van der Waals surface area (Å²) in [7, 11) is 0. The van der Waals surface area contributed by atoms with Crippen LogP contribution < -0.4 is 27.4 Å². The van der Waals surface area contributed by atoms with Crippen LogP contribution >= 0.6 is 68.0 Å². The van der Waals surface area contributed by atoms with E-state index in [0.29, 0.717) is 63.8 Å². The molecule has 0 aliphatic carbocycles. The number of rotatable bonds is 6. The first-order valence-electron chi connectivity index (χ1n) is 22.1. The number of aryl methyl sites for hydroxylation is 1. The first-order chi connectivity index (χ1) is 35.1. The molecule has 0 radical (unpaired) electrons. The number of thiazole rings is 6. The van der Waals surface area contributed by atoms with E-state index in [0.717, 1.165) is 34.0 Å². The number of aliphatic hydroxyl groups is 1. The SMILES string of the molecule is Cc1sc2nc1C(=O)NCc1nc(cs1)C(=O)N[C@@H](Cc1ccc(O)cc1)C(=O)N1C[C@@H](O)[C@H](C)[C@H]1c1nc(cs1)-c1nc(cs1)-c1nc(-c3nc(C(N)=O)cs3)ccc1-c1nc(cs1)C(=O)N[C@H]2CC(N)=O. The second kappa shape index (κ2) is 20.3. The molecule has 10 rings (SSSR count). The number of carbonyl (C=O) groups excluding carboxylic acids is 6. The van der Waals surface area contributed by atoms with Crippen LogP contribution in [0.2, 0.25) is 0 Å². The summed E-state index contributed by atoms with van der Waals surface area (Å²) in [6, 6.07) is 6.86. The largest absolute Gasteiger partial charge is 0.508 e. The molecule has 9 N–H and O–H groups in total. The molecule has 2 aliphatic rings. The molecule has 5 atom stereocenters. The average molecular weight is 1090 g/mol. The number of benzene rings is 1. The van der Waals surface area contributed by atoms with Gasteiger partial charge in [-0.2, -0.15) is 0 Å². The monoisotopic (exact) mass is 1090 g/mol. The number of aliphatic hydroxyl groups excluding tert-OH is 1. The van der Waals surface area contributed by atoms with E-state index in [1.807, 2.05) is 12.3 Å². The lowest BCUT2D eigenvalue weighted by Crippen LogP contribution is -2.50. The van der Waals surface area contributed by atoms with Gasteiger partial charge in [0.25, 0.3) is 23.6 Å². The van der Waals surface area contributed by atoms with E-state index in [1.165, 1.54) is 61.8 Å². The van der Waals surface area contributed by atoms with Crippen LogP contribution in [0.1, 0.15) is 92.8 Å². The van der Waals surface area contributed by atoms with Crippen molar-refractivity contribution in [2.45, 2.75) is 57.5 Å². The zero-order valence-corrected chi connectivity index (χ0v) is 43.0. The van der Waals surface area contributed by atoms with E-state index in [2.05, 4.69) is 35.9 Å². The van der Waals surface area contributed by atoms with Gasteiger partial charge in [0.1, 0.15) is 81.7 Å². The fourth-order valence-corrected chi connectivity index (χ4v) is 13.3. The maximum absolute atomic E-state index is 14.8. The summed E-state index contributed by atoms with van der Waals surface area (Å²) in [5, 5.41) is 40.5. The molecule has 73 heavy (non-hydrogen) atoms. The Morgan fingerprint density at radius 3 is 2.12 bits per heavy atom. The van der Waals surface area contributed by atoms with Crippen molar-refractivity contribution in [2.75, 3.05) is 6.54 Å². The van der Waals surface area contributed by atoms with E-state index in [9.17, 15) is 39.0 Å². The number of pyridine rings is 1. The minimum Gasteiger partial charge on any atom is -0.508 e. The maximum atomic E-state index is 14.8. The Balaban J connectivity index is 1.05. The summed E-state index contributed by atoms with van der Waals surface area (Å²) in [6.45, 7) is 3.37. The van der Waals surface area contributed by atoms with E-state index in [4.69, 9.17) is 26.4 Å². The summed E-state index contributed by atoms with van der Waals surface area (Å²) in [6.07, 6.45) is -1.23. The smallest absolute Gasteiger partial charge is 0.271 e. The minimum absolute atomic E-state index is 0.000629. The van der Waals surface area contributed by atoms with E-state index in [1.54, 1.807) is 41.9 Å². The molecule has 10 bridgehead atoms. The molecule has 6 amide bonds. The highest BCUT2D eigenvalue weighted by atomic mass is 32.1. The highest BCUT2D eigenvalue weighted by molar-refractivity contribution is 7.15. The molecule has 2 aliphatic heterocycles. The number of hydrogen-bond acceptors (Lipinski definition) is 21. The predicted octanol–water partition coefficient (Wildman–Crippen LogP) is 5.11. The highest BCUT2D eigenvalue weighted by Gasteiger charge is 2.45. The lowest BCUT2D eigenvalue weighted by molar-refractivity contribution is -0.134. The van der Waals surface area contributed by atoms with Crippen molar-refractivity contribution in [3.05, 3.63) is 112 Å². The van der Waals surface area contributed by atoms with Gasteiger partial charge in [-0.15, -0.1) is 68.0 Å². The molecule has 1 aromatic carbocycles. The van der Waals surface area contributed by atoms with Gasteiger partial charge in [-0.3, -0.25) is 28.8 Å². The molecule has 0 spiro atoms. The van der Waals surface area contributed by atoms with Gasteiger partial charge in [-0.1, -0.05) is 19.1 Å². The van der Waals surface area contributed by atoms with Crippen molar-refractivity contribution in [3.63, 3.8) is 0 Å². The van der Waals surface area contributed by atoms with Crippen LogP contribution in [0.15, 0.2) is 63.3 Å². The zero-order valence-electron chi connectivity index (χ0n) is 38.1. The van der Waals surface area contributed by atoms with Gasteiger partial charge in [0.15, 0.2) is 0 Å². The Morgan fingerprint density at radius 2 is 1.37 bits per heavy atom. The van der Waals surface area contributed by atoms with Crippen LogP contribution in [0.25, 0.3) is 43.4 Å². The molecule has 0 unspecified atom stereocenters. The molecule has 8 aromatic rings. The third kappa shape index (κ3) is 10.2. The number of nitrogens with one attached hydrogen (secondary N) is 3.